The Hall–Kier alpha value is -3.33. The Labute approximate surface area is 199 Å². The van der Waals surface area contributed by atoms with Crippen molar-refractivity contribution in [1.82, 2.24) is 29.9 Å². The maximum Gasteiger partial charge on any atom is 0.320 e. The lowest BCUT2D eigenvalue weighted by Crippen LogP contribution is -2.52. The van der Waals surface area contributed by atoms with Gasteiger partial charge in [-0.15, -0.1) is 0 Å². The maximum absolute atomic E-state index is 13.5. The van der Waals surface area contributed by atoms with Crippen LogP contribution in [0.5, 0.6) is 0 Å². The van der Waals surface area contributed by atoms with E-state index in [4.69, 9.17) is 10.3 Å². The van der Waals surface area contributed by atoms with E-state index in [2.05, 4.69) is 51.3 Å². The number of hydrogen-bond donors (Lipinski definition) is 1. The van der Waals surface area contributed by atoms with Crippen molar-refractivity contribution in [2.75, 3.05) is 26.2 Å². The number of aryl methyl sites for hydroxylation is 1. The lowest BCUT2D eigenvalue weighted by molar-refractivity contribution is 0.118. The number of nitrogens with zero attached hydrogens (tertiary/aromatic N) is 6. The minimum atomic E-state index is -0.0643. The molecule has 2 aliphatic heterocycles. The zero-order chi connectivity index (χ0) is 23.5. The van der Waals surface area contributed by atoms with E-state index in [1.54, 1.807) is 18.5 Å². The Morgan fingerprint density at radius 2 is 1.74 bits per heavy atom. The van der Waals surface area contributed by atoms with E-state index in [-0.39, 0.29) is 23.9 Å². The van der Waals surface area contributed by atoms with Crippen LogP contribution in [0.2, 0.25) is 0 Å². The second kappa shape index (κ2) is 9.89. The number of benzene rings is 1. The molecule has 2 atom stereocenters. The molecular weight excluding hydrogens is 430 g/mol. The van der Waals surface area contributed by atoms with Gasteiger partial charge in [-0.25, -0.2) is 14.8 Å². The van der Waals surface area contributed by atoms with Gasteiger partial charge in [-0.2, -0.15) is 4.98 Å². The summed E-state index contributed by atoms with van der Waals surface area (Å²) in [7, 11) is 0. The molecule has 1 aromatic carbocycles. The third kappa shape index (κ3) is 4.79. The largest absolute Gasteiger partial charge is 0.338 e. The van der Waals surface area contributed by atoms with Crippen LogP contribution in [0.1, 0.15) is 55.0 Å². The van der Waals surface area contributed by atoms with Gasteiger partial charge in [0.25, 0.3) is 0 Å². The second-order valence-electron chi connectivity index (χ2n) is 9.27. The minimum absolute atomic E-state index is 0.0643. The third-order valence-electron chi connectivity index (χ3n) is 6.95. The van der Waals surface area contributed by atoms with E-state index in [1.807, 2.05) is 9.80 Å². The summed E-state index contributed by atoms with van der Waals surface area (Å²) < 4.78 is 5.66. The molecule has 0 saturated carbocycles. The Balaban J connectivity index is 1.40. The molecule has 0 spiro atoms. The lowest BCUT2D eigenvalue weighted by atomic mass is 9.84. The molecule has 3 aromatic rings. The zero-order valence-corrected chi connectivity index (χ0v) is 19.5. The molecule has 2 saturated heterocycles. The highest BCUT2D eigenvalue weighted by Gasteiger charge is 2.37. The highest BCUT2D eigenvalue weighted by atomic mass is 16.5. The standard InChI is InChI=1S/C25H31N7O2/c1-2-17-4-6-18(7-5-17)19-14-20(24-29-23(30-34-24)22-27-10-3-11-28-22)16-32(15-19)25(33)31-12-8-21(26)9-13-31/h3-7,10-11,19-21H,2,8-9,12-16,26H2,1H3. The average molecular weight is 462 g/mol. The third-order valence-corrected chi connectivity index (χ3v) is 6.95. The van der Waals surface area contributed by atoms with E-state index in [0.717, 1.165) is 25.7 Å². The average Bonchev–Trinajstić information content (AvgIpc) is 3.40. The van der Waals surface area contributed by atoms with Gasteiger partial charge in [-0.3, -0.25) is 0 Å². The van der Waals surface area contributed by atoms with Gasteiger partial charge in [0.05, 0.1) is 5.92 Å². The summed E-state index contributed by atoms with van der Waals surface area (Å²) in [5, 5.41) is 4.11. The van der Waals surface area contributed by atoms with Crippen LogP contribution in [-0.2, 0) is 6.42 Å². The SMILES string of the molecule is CCc1ccc(C2CC(c3nc(-c4ncccn4)no3)CN(C(=O)N3CCC(N)CC3)C2)cc1. The van der Waals surface area contributed by atoms with Gasteiger partial charge < -0.3 is 20.1 Å². The van der Waals surface area contributed by atoms with E-state index < -0.39 is 0 Å². The van der Waals surface area contributed by atoms with Gasteiger partial charge in [0, 0.05) is 50.5 Å². The van der Waals surface area contributed by atoms with E-state index in [9.17, 15) is 4.79 Å². The molecule has 2 N–H and O–H groups in total. The molecule has 34 heavy (non-hydrogen) atoms. The minimum Gasteiger partial charge on any atom is -0.338 e. The first kappa shape index (κ1) is 22.5. The van der Waals surface area contributed by atoms with Crippen molar-refractivity contribution >= 4 is 6.03 Å². The number of hydrogen-bond acceptors (Lipinski definition) is 7. The molecule has 2 aromatic heterocycles. The molecule has 0 bridgehead atoms. The Morgan fingerprint density at radius 3 is 2.44 bits per heavy atom. The molecule has 2 aliphatic rings. The summed E-state index contributed by atoms with van der Waals surface area (Å²) in [6.07, 6.45) is 6.82. The normalized spacial score (nSPS) is 21.6. The monoisotopic (exact) mass is 461 g/mol. The first-order valence-corrected chi connectivity index (χ1v) is 12.1. The summed E-state index contributed by atoms with van der Waals surface area (Å²) in [6.45, 7) is 4.77. The molecule has 0 aliphatic carbocycles. The summed E-state index contributed by atoms with van der Waals surface area (Å²) in [4.78, 5) is 30.4. The second-order valence-corrected chi connectivity index (χ2v) is 9.27. The molecule has 9 heteroatoms. The van der Waals surface area contributed by atoms with Gasteiger partial charge in [0.15, 0.2) is 0 Å². The number of carbonyl (C=O) groups excluding carboxylic acids is 1. The molecule has 4 heterocycles. The number of urea groups is 1. The maximum atomic E-state index is 13.5. The van der Waals surface area contributed by atoms with Crippen molar-refractivity contribution in [2.45, 2.75) is 50.5 Å². The van der Waals surface area contributed by atoms with Crippen LogP contribution in [0.4, 0.5) is 4.79 Å². The number of carbonyl (C=O) groups is 1. The molecule has 0 radical (unpaired) electrons. The summed E-state index contributed by atoms with van der Waals surface area (Å²) in [6, 6.07) is 10.7. The molecule has 9 nitrogen and oxygen atoms in total. The number of likely N-dealkylation sites (tertiary alicyclic amines) is 2. The van der Waals surface area contributed by atoms with Crippen LogP contribution in [0.15, 0.2) is 47.2 Å². The predicted octanol–water partition coefficient (Wildman–Crippen LogP) is 3.21. The molecule has 2 fully saturated rings. The Bertz CT molecular complexity index is 1090. The van der Waals surface area contributed by atoms with Crippen molar-refractivity contribution < 1.29 is 9.32 Å². The van der Waals surface area contributed by atoms with E-state index in [0.29, 0.717) is 43.7 Å². The van der Waals surface area contributed by atoms with Gasteiger partial charge >= 0.3 is 6.03 Å². The van der Waals surface area contributed by atoms with Gasteiger partial charge in [0.2, 0.25) is 17.5 Å². The number of rotatable bonds is 4. The van der Waals surface area contributed by atoms with Crippen molar-refractivity contribution in [3.05, 3.63) is 59.7 Å². The van der Waals surface area contributed by atoms with Crippen molar-refractivity contribution in [1.29, 1.82) is 0 Å². The lowest BCUT2D eigenvalue weighted by Gasteiger charge is -2.40. The topological polar surface area (TPSA) is 114 Å². The smallest absolute Gasteiger partial charge is 0.320 e. The summed E-state index contributed by atoms with van der Waals surface area (Å²) in [5.74, 6) is 1.44. The molecule has 178 valence electrons. The first-order chi connectivity index (χ1) is 16.6. The van der Waals surface area contributed by atoms with Gasteiger partial charge in [0.1, 0.15) is 0 Å². The fourth-order valence-electron chi connectivity index (χ4n) is 4.90. The van der Waals surface area contributed by atoms with Crippen molar-refractivity contribution in [3.8, 4) is 11.6 Å². The number of piperidine rings is 2. The predicted molar refractivity (Wildman–Crippen MR) is 127 cm³/mol. The number of amides is 2. The van der Waals surface area contributed by atoms with Crippen LogP contribution in [0.3, 0.4) is 0 Å². The van der Waals surface area contributed by atoms with Crippen LogP contribution < -0.4 is 5.73 Å². The quantitative estimate of drug-likeness (QED) is 0.634. The van der Waals surface area contributed by atoms with Crippen LogP contribution >= 0.6 is 0 Å². The van der Waals surface area contributed by atoms with Gasteiger partial charge in [-0.05, 0) is 42.9 Å². The molecule has 5 rings (SSSR count). The number of aromatic nitrogens is 4. The number of nitrogens with two attached hydrogens (primary N) is 1. The highest BCUT2D eigenvalue weighted by molar-refractivity contribution is 5.75. The molecule has 2 unspecified atom stereocenters. The highest BCUT2D eigenvalue weighted by Crippen LogP contribution is 2.36. The van der Waals surface area contributed by atoms with E-state index in [1.165, 1.54) is 11.1 Å². The van der Waals surface area contributed by atoms with Crippen LogP contribution in [0, 0.1) is 0 Å². The van der Waals surface area contributed by atoms with Crippen molar-refractivity contribution in [3.63, 3.8) is 0 Å². The van der Waals surface area contributed by atoms with E-state index >= 15 is 0 Å². The van der Waals surface area contributed by atoms with Crippen LogP contribution in [-0.4, -0.2) is 68.2 Å². The van der Waals surface area contributed by atoms with Crippen LogP contribution in [0.25, 0.3) is 11.6 Å². The summed E-state index contributed by atoms with van der Waals surface area (Å²) >= 11 is 0. The Morgan fingerprint density at radius 1 is 1.03 bits per heavy atom. The zero-order valence-electron chi connectivity index (χ0n) is 19.5. The fourth-order valence-corrected chi connectivity index (χ4v) is 4.90. The summed E-state index contributed by atoms with van der Waals surface area (Å²) in [5.41, 5.74) is 8.59. The first-order valence-electron chi connectivity index (χ1n) is 12.1. The molecular formula is C25H31N7O2. The molecule has 2 amide bonds. The van der Waals surface area contributed by atoms with Gasteiger partial charge in [-0.1, -0.05) is 36.3 Å². The Kier molecular flexibility index (Phi) is 6.53. The fraction of sp³-hybridized carbons (Fsp3) is 0.480. The van der Waals surface area contributed by atoms with Crippen molar-refractivity contribution in [2.24, 2.45) is 5.73 Å².